The number of nitrogens with one attached hydrogen (secondary N) is 2. The Morgan fingerprint density at radius 3 is 3.12 bits per heavy atom. The van der Waals surface area contributed by atoms with Gasteiger partial charge >= 0.3 is 0 Å². The van der Waals surface area contributed by atoms with Crippen molar-refractivity contribution in [2.75, 3.05) is 26.2 Å². The van der Waals surface area contributed by atoms with E-state index in [1.807, 2.05) is 13.0 Å². The molecule has 1 atom stereocenters. The average molecular weight is 238 g/mol. The third-order valence-electron chi connectivity index (χ3n) is 2.73. The number of ether oxygens (including phenoxy) is 1. The second kappa shape index (κ2) is 5.84. The minimum Gasteiger partial charge on any atom is -0.456 e. The first kappa shape index (κ1) is 12.1. The summed E-state index contributed by atoms with van der Waals surface area (Å²) in [5.74, 6) is 1.01. The Hall–Kier alpha value is -1.33. The van der Waals surface area contributed by atoms with Crippen molar-refractivity contribution in [3.8, 4) is 0 Å². The Morgan fingerprint density at radius 1 is 1.59 bits per heavy atom. The maximum atomic E-state index is 11.7. The van der Waals surface area contributed by atoms with E-state index in [4.69, 9.17) is 9.15 Å². The molecule has 1 aromatic heterocycles. The Bertz CT molecular complexity index is 370. The van der Waals surface area contributed by atoms with Crippen LogP contribution < -0.4 is 10.6 Å². The van der Waals surface area contributed by atoms with Crippen molar-refractivity contribution in [3.05, 3.63) is 23.7 Å². The number of amides is 1. The van der Waals surface area contributed by atoms with Crippen molar-refractivity contribution in [2.45, 2.75) is 19.4 Å². The molecule has 1 saturated heterocycles. The minimum absolute atomic E-state index is 0.0494. The van der Waals surface area contributed by atoms with E-state index in [0.29, 0.717) is 18.9 Å². The Balaban J connectivity index is 1.80. The highest BCUT2D eigenvalue weighted by molar-refractivity contribution is 5.91. The van der Waals surface area contributed by atoms with Gasteiger partial charge in [0.25, 0.3) is 5.91 Å². The summed E-state index contributed by atoms with van der Waals surface area (Å²) >= 11 is 0. The summed E-state index contributed by atoms with van der Waals surface area (Å²) in [6.45, 7) is 4.85. The van der Waals surface area contributed by atoms with Crippen LogP contribution in [0.5, 0.6) is 0 Å². The lowest BCUT2D eigenvalue weighted by atomic mass is 10.3. The van der Waals surface area contributed by atoms with E-state index in [2.05, 4.69) is 10.6 Å². The van der Waals surface area contributed by atoms with Gasteiger partial charge in [0.05, 0.1) is 12.7 Å². The molecule has 1 unspecified atom stereocenters. The maximum absolute atomic E-state index is 11.7. The number of hydrogen-bond donors (Lipinski definition) is 2. The van der Waals surface area contributed by atoms with Gasteiger partial charge < -0.3 is 19.8 Å². The van der Waals surface area contributed by atoms with Gasteiger partial charge in [-0.25, -0.2) is 0 Å². The van der Waals surface area contributed by atoms with E-state index in [1.54, 1.807) is 6.07 Å². The number of morpholine rings is 1. The van der Waals surface area contributed by atoms with Crippen LogP contribution in [0.2, 0.25) is 0 Å². The van der Waals surface area contributed by atoms with Gasteiger partial charge in [0, 0.05) is 26.1 Å². The van der Waals surface area contributed by atoms with Crippen LogP contribution in [0.3, 0.4) is 0 Å². The molecule has 0 bridgehead atoms. The van der Waals surface area contributed by atoms with Crippen LogP contribution in [-0.4, -0.2) is 38.3 Å². The number of rotatable bonds is 4. The highest BCUT2D eigenvalue weighted by Gasteiger charge is 2.16. The number of carbonyl (C=O) groups is 1. The average Bonchev–Trinajstić information content (AvgIpc) is 2.86. The molecule has 0 spiro atoms. The number of aryl methyl sites for hydroxylation is 1. The largest absolute Gasteiger partial charge is 0.456 e. The highest BCUT2D eigenvalue weighted by Crippen LogP contribution is 2.08. The summed E-state index contributed by atoms with van der Waals surface area (Å²) in [6.07, 6.45) is 0.844. The van der Waals surface area contributed by atoms with Crippen molar-refractivity contribution >= 4 is 5.91 Å². The Kier molecular flexibility index (Phi) is 4.17. The zero-order valence-electron chi connectivity index (χ0n) is 9.99. The van der Waals surface area contributed by atoms with E-state index in [0.717, 1.165) is 25.3 Å². The predicted octanol–water partition coefficient (Wildman–Crippen LogP) is 0.560. The summed E-state index contributed by atoms with van der Waals surface area (Å²) in [5.41, 5.74) is 0. The summed E-state index contributed by atoms with van der Waals surface area (Å²) in [7, 11) is 0. The fourth-order valence-corrected chi connectivity index (χ4v) is 1.73. The topological polar surface area (TPSA) is 63.5 Å². The predicted molar refractivity (Wildman–Crippen MR) is 63.0 cm³/mol. The summed E-state index contributed by atoms with van der Waals surface area (Å²) in [4.78, 5) is 11.7. The fourth-order valence-electron chi connectivity index (χ4n) is 1.73. The normalized spacial score (nSPS) is 20.2. The van der Waals surface area contributed by atoms with Gasteiger partial charge in [0.2, 0.25) is 0 Å². The quantitative estimate of drug-likeness (QED) is 0.804. The van der Waals surface area contributed by atoms with Crippen LogP contribution in [0.1, 0.15) is 23.2 Å². The zero-order valence-corrected chi connectivity index (χ0v) is 9.99. The molecule has 5 heteroatoms. The van der Waals surface area contributed by atoms with Gasteiger partial charge in [-0.1, -0.05) is 6.92 Å². The van der Waals surface area contributed by atoms with Crippen LogP contribution in [-0.2, 0) is 11.2 Å². The molecule has 1 aromatic rings. The Labute approximate surface area is 101 Å². The van der Waals surface area contributed by atoms with E-state index in [-0.39, 0.29) is 12.0 Å². The number of furan rings is 1. The molecule has 0 radical (unpaired) electrons. The monoisotopic (exact) mass is 238 g/mol. The second-order valence-electron chi connectivity index (χ2n) is 4.03. The molecule has 1 fully saturated rings. The van der Waals surface area contributed by atoms with Crippen molar-refractivity contribution < 1.29 is 13.9 Å². The second-order valence-corrected chi connectivity index (χ2v) is 4.03. The molecule has 0 saturated carbocycles. The third-order valence-corrected chi connectivity index (χ3v) is 2.73. The lowest BCUT2D eigenvalue weighted by Crippen LogP contribution is -2.45. The van der Waals surface area contributed by atoms with E-state index in [1.165, 1.54) is 0 Å². The molecule has 1 aliphatic rings. The molecule has 1 aliphatic heterocycles. The zero-order chi connectivity index (χ0) is 12.1. The van der Waals surface area contributed by atoms with Gasteiger partial charge in [-0.15, -0.1) is 0 Å². The lowest BCUT2D eigenvalue weighted by molar-refractivity contribution is 0.0284. The first-order chi connectivity index (χ1) is 8.29. The molecule has 2 heterocycles. The molecule has 5 nitrogen and oxygen atoms in total. The first-order valence-electron chi connectivity index (χ1n) is 5.99. The smallest absolute Gasteiger partial charge is 0.287 e. The molecule has 0 aromatic carbocycles. The van der Waals surface area contributed by atoms with E-state index in [9.17, 15) is 4.79 Å². The summed E-state index contributed by atoms with van der Waals surface area (Å²) in [5, 5.41) is 6.02. The van der Waals surface area contributed by atoms with Crippen LogP contribution in [0, 0.1) is 0 Å². The van der Waals surface area contributed by atoms with Crippen molar-refractivity contribution in [1.82, 2.24) is 10.6 Å². The van der Waals surface area contributed by atoms with Crippen LogP contribution >= 0.6 is 0 Å². The van der Waals surface area contributed by atoms with Crippen LogP contribution in [0.4, 0.5) is 0 Å². The molecule has 17 heavy (non-hydrogen) atoms. The molecule has 2 N–H and O–H groups in total. The minimum atomic E-state index is -0.182. The summed E-state index contributed by atoms with van der Waals surface area (Å²) < 4.78 is 10.8. The standard InChI is InChI=1S/C12H18N2O3/c1-2-9-3-4-11(17-9)12(15)14-8-10-7-13-5-6-16-10/h3-4,10,13H,2,5-8H2,1H3,(H,14,15). The van der Waals surface area contributed by atoms with Gasteiger partial charge in [-0.2, -0.15) is 0 Å². The maximum Gasteiger partial charge on any atom is 0.287 e. The number of carbonyl (C=O) groups excluding carboxylic acids is 1. The summed E-state index contributed by atoms with van der Waals surface area (Å²) in [6, 6.07) is 3.53. The fraction of sp³-hybridized carbons (Fsp3) is 0.583. The molecule has 1 amide bonds. The van der Waals surface area contributed by atoms with Gasteiger partial charge in [-0.05, 0) is 12.1 Å². The molecule has 0 aliphatic carbocycles. The van der Waals surface area contributed by atoms with Crippen molar-refractivity contribution in [3.63, 3.8) is 0 Å². The number of hydrogen-bond acceptors (Lipinski definition) is 4. The van der Waals surface area contributed by atoms with Gasteiger partial charge in [0.1, 0.15) is 5.76 Å². The first-order valence-corrected chi connectivity index (χ1v) is 5.99. The molecule has 94 valence electrons. The highest BCUT2D eigenvalue weighted by atomic mass is 16.5. The van der Waals surface area contributed by atoms with E-state index >= 15 is 0 Å². The van der Waals surface area contributed by atoms with E-state index < -0.39 is 0 Å². The van der Waals surface area contributed by atoms with Crippen LogP contribution in [0.25, 0.3) is 0 Å². The molecular weight excluding hydrogens is 220 g/mol. The van der Waals surface area contributed by atoms with Gasteiger partial charge in [-0.3, -0.25) is 4.79 Å². The molecular formula is C12H18N2O3. The van der Waals surface area contributed by atoms with Crippen LogP contribution in [0.15, 0.2) is 16.5 Å². The van der Waals surface area contributed by atoms with Gasteiger partial charge in [0.15, 0.2) is 5.76 Å². The van der Waals surface area contributed by atoms with Crippen molar-refractivity contribution in [2.24, 2.45) is 0 Å². The molecule has 2 rings (SSSR count). The Morgan fingerprint density at radius 2 is 2.47 bits per heavy atom. The van der Waals surface area contributed by atoms with Crippen molar-refractivity contribution in [1.29, 1.82) is 0 Å². The SMILES string of the molecule is CCc1ccc(C(=O)NCC2CNCCO2)o1. The third kappa shape index (κ3) is 3.31. The lowest BCUT2D eigenvalue weighted by Gasteiger charge is -2.23.